The van der Waals surface area contributed by atoms with Crippen LogP contribution in [-0.2, 0) is 11.3 Å². The molecule has 0 saturated carbocycles. The number of hydrogen-bond acceptors (Lipinski definition) is 4. The molecule has 0 atom stereocenters. The Hall–Kier alpha value is -1.36. The third-order valence-electron chi connectivity index (χ3n) is 1.66. The summed E-state index contributed by atoms with van der Waals surface area (Å²) >= 11 is 0. The number of carbonyl (C=O) groups excluding carboxylic acids is 1. The molecule has 1 amide bonds. The lowest BCUT2D eigenvalue weighted by Crippen LogP contribution is -2.41. The number of aromatic nitrogens is 1. The summed E-state index contributed by atoms with van der Waals surface area (Å²) in [5.74, 6) is 0.131. The molecule has 0 aliphatic carbocycles. The molecule has 1 aromatic heterocycles. The molecule has 0 bridgehead atoms. The van der Waals surface area contributed by atoms with Crippen molar-refractivity contribution in [2.45, 2.75) is 32.9 Å². The second kappa shape index (κ2) is 3.79. The van der Waals surface area contributed by atoms with Crippen LogP contribution in [0.3, 0.4) is 0 Å². The van der Waals surface area contributed by atoms with Crippen LogP contribution in [0.5, 0.6) is 0 Å². The Morgan fingerprint density at radius 1 is 1.71 bits per heavy atom. The van der Waals surface area contributed by atoms with E-state index in [1.165, 1.54) is 13.8 Å². The van der Waals surface area contributed by atoms with Crippen molar-refractivity contribution in [3.8, 4) is 0 Å². The third-order valence-corrected chi connectivity index (χ3v) is 1.66. The topological polar surface area (TPSA) is 75.4 Å². The maximum absolute atomic E-state index is 11.2. The summed E-state index contributed by atoms with van der Waals surface area (Å²) in [6, 6.07) is 1.73. The highest BCUT2D eigenvalue weighted by atomic mass is 16.5. The van der Waals surface area contributed by atoms with E-state index in [2.05, 4.69) is 10.5 Å². The van der Waals surface area contributed by atoms with Crippen molar-refractivity contribution in [1.82, 2.24) is 10.5 Å². The average Bonchev–Trinajstić information content (AvgIpc) is 2.45. The van der Waals surface area contributed by atoms with Crippen LogP contribution >= 0.6 is 0 Å². The Labute approximate surface area is 82.1 Å². The van der Waals surface area contributed by atoms with Gasteiger partial charge in [0.15, 0.2) is 5.76 Å². The maximum atomic E-state index is 11.2. The molecule has 0 radical (unpaired) electrons. The van der Waals surface area contributed by atoms with E-state index in [0.717, 1.165) is 5.69 Å². The van der Waals surface area contributed by atoms with E-state index in [9.17, 15) is 9.90 Å². The summed E-state index contributed by atoms with van der Waals surface area (Å²) in [6.45, 7) is 4.89. The van der Waals surface area contributed by atoms with Gasteiger partial charge in [-0.2, -0.15) is 0 Å². The fourth-order valence-electron chi connectivity index (χ4n) is 0.883. The highest BCUT2D eigenvalue weighted by Crippen LogP contribution is 2.04. The van der Waals surface area contributed by atoms with Crippen LogP contribution in [0.15, 0.2) is 10.6 Å². The lowest BCUT2D eigenvalue weighted by atomic mass is 10.1. The minimum Gasteiger partial charge on any atom is -0.381 e. The van der Waals surface area contributed by atoms with Crippen LogP contribution in [0.25, 0.3) is 0 Å². The normalized spacial score (nSPS) is 11.4. The van der Waals surface area contributed by atoms with Gasteiger partial charge in [0.25, 0.3) is 5.91 Å². The maximum Gasteiger partial charge on any atom is 0.251 e. The highest BCUT2D eigenvalue weighted by Gasteiger charge is 2.23. The first kappa shape index (κ1) is 10.7. The van der Waals surface area contributed by atoms with Gasteiger partial charge in [0.1, 0.15) is 5.60 Å². The molecule has 1 heterocycles. The lowest BCUT2D eigenvalue weighted by Gasteiger charge is -2.15. The molecule has 0 aliphatic rings. The van der Waals surface area contributed by atoms with Crippen molar-refractivity contribution in [2.75, 3.05) is 0 Å². The zero-order valence-electron chi connectivity index (χ0n) is 8.50. The fourth-order valence-corrected chi connectivity index (χ4v) is 0.883. The van der Waals surface area contributed by atoms with E-state index in [4.69, 9.17) is 4.52 Å². The minimum absolute atomic E-state index is 0.240. The molecule has 5 nitrogen and oxygen atoms in total. The molecule has 0 spiro atoms. The molecule has 1 rings (SSSR count). The second-order valence-corrected chi connectivity index (χ2v) is 3.68. The van der Waals surface area contributed by atoms with Gasteiger partial charge >= 0.3 is 0 Å². The van der Waals surface area contributed by atoms with Crippen LogP contribution < -0.4 is 5.32 Å². The first-order valence-electron chi connectivity index (χ1n) is 4.32. The van der Waals surface area contributed by atoms with Crippen LogP contribution in [-0.4, -0.2) is 21.8 Å². The van der Waals surface area contributed by atoms with Crippen molar-refractivity contribution < 1.29 is 14.4 Å². The van der Waals surface area contributed by atoms with Gasteiger partial charge in [0.05, 0.1) is 12.2 Å². The zero-order valence-corrected chi connectivity index (χ0v) is 8.50. The predicted molar refractivity (Wildman–Crippen MR) is 49.4 cm³/mol. The van der Waals surface area contributed by atoms with Crippen molar-refractivity contribution in [1.29, 1.82) is 0 Å². The summed E-state index contributed by atoms with van der Waals surface area (Å²) < 4.78 is 4.88. The monoisotopic (exact) mass is 198 g/mol. The molecule has 0 unspecified atom stereocenters. The molecule has 0 aliphatic heterocycles. The number of nitrogens with zero attached hydrogens (tertiary/aromatic N) is 1. The Morgan fingerprint density at radius 3 is 2.79 bits per heavy atom. The van der Waals surface area contributed by atoms with Crippen LogP contribution in [0.1, 0.15) is 25.3 Å². The second-order valence-electron chi connectivity index (χ2n) is 3.68. The Morgan fingerprint density at radius 2 is 2.36 bits per heavy atom. The number of aryl methyl sites for hydroxylation is 1. The fraction of sp³-hybridized carbons (Fsp3) is 0.556. The summed E-state index contributed by atoms with van der Waals surface area (Å²) in [6.07, 6.45) is 0. The first-order valence-corrected chi connectivity index (χ1v) is 4.32. The minimum atomic E-state index is -1.37. The van der Waals surface area contributed by atoms with Gasteiger partial charge in [-0.05, 0) is 20.8 Å². The van der Waals surface area contributed by atoms with Crippen LogP contribution in [0, 0.1) is 6.92 Å². The zero-order chi connectivity index (χ0) is 10.8. The standard InChI is InChI=1S/C9H14N2O3/c1-6-4-7(14-11-6)5-10-8(12)9(2,3)13/h4,13H,5H2,1-3H3,(H,10,12). The Bertz CT molecular complexity index is 325. The Balaban J connectivity index is 2.46. The van der Waals surface area contributed by atoms with E-state index in [-0.39, 0.29) is 6.54 Å². The number of amides is 1. The quantitative estimate of drug-likeness (QED) is 0.735. The molecule has 2 N–H and O–H groups in total. The molecular formula is C9H14N2O3. The number of rotatable bonds is 3. The molecule has 5 heteroatoms. The van der Waals surface area contributed by atoms with Gasteiger partial charge < -0.3 is 14.9 Å². The largest absolute Gasteiger partial charge is 0.381 e. The first-order chi connectivity index (χ1) is 6.39. The number of carbonyl (C=O) groups is 1. The molecular weight excluding hydrogens is 184 g/mol. The van der Waals surface area contributed by atoms with Gasteiger partial charge in [0.2, 0.25) is 0 Å². The molecule has 14 heavy (non-hydrogen) atoms. The smallest absolute Gasteiger partial charge is 0.251 e. The summed E-state index contributed by atoms with van der Waals surface area (Å²) in [4.78, 5) is 11.2. The van der Waals surface area contributed by atoms with Crippen molar-refractivity contribution >= 4 is 5.91 Å². The Kier molecular flexibility index (Phi) is 2.90. The predicted octanol–water partition coefficient (Wildman–Crippen LogP) is 0.370. The van der Waals surface area contributed by atoms with Crippen LogP contribution in [0.2, 0.25) is 0 Å². The van der Waals surface area contributed by atoms with Gasteiger partial charge in [-0.3, -0.25) is 4.79 Å². The number of nitrogens with one attached hydrogen (secondary N) is 1. The molecule has 0 aromatic carbocycles. The van der Waals surface area contributed by atoms with Gasteiger partial charge in [-0.25, -0.2) is 0 Å². The average molecular weight is 198 g/mol. The molecule has 0 fully saturated rings. The lowest BCUT2D eigenvalue weighted by molar-refractivity contribution is -0.136. The SMILES string of the molecule is Cc1cc(CNC(=O)C(C)(C)O)on1. The summed E-state index contributed by atoms with van der Waals surface area (Å²) in [5.41, 5.74) is -0.604. The highest BCUT2D eigenvalue weighted by molar-refractivity contribution is 5.83. The molecule has 78 valence electrons. The van der Waals surface area contributed by atoms with Gasteiger partial charge in [-0.1, -0.05) is 5.16 Å². The van der Waals surface area contributed by atoms with Crippen molar-refractivity contribution in [2.24, 2.45) is 0 Å². The van der Waals surface area contributed by atoms with E-state index in [1.807, 2.05) is 0 Å². The van der Waals surface area contributed by atoms with Gasteiger partial charge in [0, 0.05) is 6.07 Å². The van der Waals surface area contributed by atoms with Crippen LogP contribution in [0.4, 0.5) is 0 Å². The number of hydrogen-bond donors (Lipinski definition) is 2. The summed E-state index contributed by atoms with van der Waals surface area (Å²) in [7, 11) is 0. The number of aliphatic hydroxyl groups is 1. The van der Waals surface area contributed by atoms with Gasteiger partial charge in [-0.15, -0.1) is 0 Å². The molecule has 0 saturated heterocycles. The molecule has 1 aromatic rings. The van der Waals surface area contributed by atoms with E-state index in [0.29, 0.717) is 5.76 Å². The van der Waals surface area contributed by atoms with E-state index < -0.39 is 11.5 Å². The van der Waals surface area contributed by atoms with Crippen molar-refractivity contribution in [3.63, 3.8) is 0 Å². The third kappa shape index (κ3) is 2.85. The van der Waals surface area contributed by atoms with E-state index >= 15 is 0 Å². The summed E-state index contributed by atoms with van der Waals surface area (Å²) in [5, 5.41) is 15.5. The van der Waals surface area contributed by atoms with E-state index in [1.54, 1.807) is 13.0 Å². The van der Waals surface area contributed by atoms with Crippen molar-refractivity contribution in [3.05, 3.63) is 17.5 Å².